The van der Waals surface area contributed by atoms with Gasteiger partial charge in [-0.05, 0) is 62.7 Å². The highest BCUT2D eigenvalue weighted by Crippen LogP contribution is 2.19. The molecule has 0 aliphatic heterocycles. The SMILES string of the molecule is C=CCn1c(=NC(=O)c2ccc(N(CC)CC)cc2)sc2cc(C)ccc21. The van der Waals surface area contributed by atoms with Gasteiger partial charge in [0, 0.05) is 30.9 Å². The number of anilines is 1. The van der Waals surface area contributed by atoms with Crippen molar-refractivity contribution in [2.24, 2.45) is 4.99 Å². The van der Waals surface area contributed by atoms with Crippen LogP contribution in [0.2, 0.25) is 0 Å². The van der Waals surface area contributed by atoms with Crippen LogP contribution in [0.4, 0.5) is 5.69 Å². The molecule has 2 aromatic carbocycles. The largest absolute Gasteiger partial charge is 0.372 e. The third-order valence-corrected chi connectivity index (χ3v) is 5.63. The van der Waals surface area contributed by atoms with Crippen LogP contribution in [0.3, 0.4) is 0 Å². The Morgan fingerprint density at radius 2 is 1.89 bits per heavy atom. The lowest BCUT2D eigenvalue weighted by Gasteiger charge is -2.20. The highest BCUT2D eigenvalue weighted by atomic mass is 32.1. The van der Waals surface area contributed by atoms with E-state index in [0.29, 0.717) is 16.9 Å². The average Bonchev–Trinajstić information content (AvgIpc) is 3.00. The van der Waals surface area contributed by atoms with Crippen LogP contribution in [0.15, 0.2) is 60.1 Å². The van der Waals surface area contributed by atoms with Gasteiger partial charge >= 0.3 is 0 Å². The van der Waals surface area contributed by atoms with Crippen molar-refractivity contribution in [3.63, 3.8) is 0 Å². The summed E-state index contributed by atoms with van der Waals surface area (Å²) in [6, 6.07) is 14.0. The number of rotatable bonds is 6. The number of carbonyl (C=O) groups is 1. The predicted octanol–water partition coefficient (Wildman–Crippen LogP) is 4.78. The van der Waals surface area contributed by atoms with Crippen molar-refractivity contribution in [2.75, 3.05) is 18.0 Å². The van der Waals surface area contributed by atoms with Crippen LogP contribution >= 0.6 is 11.3 Å². The lowest BCUT2D eigenvalue weighted by atomic mass is 10.2. The van der Waals surface area contributed by atoms with Crippen molar-refractivity contribution < 1.29 is 4.79 Å². The summed E-state index contributed by atoms with van der Waals surface area (Å²) in [5.41, 5.74) is 3.99. The Balaban J connectivity index is 1.99. The Morgan fingerprint density at radius 1 is 1.19 bits per heavy atom. The molecular formula is C22H25N3OS. The zero-order chi connectivity index (χ0) is 19.4. The maximum absolute atomic E-state index is 12.7. The smallest absolute Gasteiger partial charge is 0.279 e. The first-order valence-corrected chi connectivity index (χ1v) is 10.0. The van der Waals surface area contributed by atoms with Gasteiger partial charge < -0.3 is 9.47 Å². The number of hydrogen-bond donors (Lipinski definition) is 0. The van der Waals surface area contributed by atoms with Crippen LogP contribution in [0.5, 0.6) is 0 Å². The molecule has 140 valence electrons. The Hall–Kier alpha value is -2.66. The topological polar surface area (TPSA) is 37.6 Å². The third-order valence-electron chi connectivity index (χ3n) is 4.59. The normalized spacial score (nSPS) is 11.7. The molecule has 1 heterocycles. The first-order valence-electron chi connectivity index (χ1n) is 9.22. The molecule has 0 spiro atoms. The number of aromatic nitrogens is 1. The molecule has 0 aliphatic carbocycles. The minimum atomic E-state index is -0.220. The van der Waals surface area contributed by atoms with Crippen molar-refractivity contribution in [3.8, 4) is 0 Å². The van der Waals surface area contributed by atoms with Gasteiger partial charge in [0.1, 0.15) is 0 Å². The van der Waals surface area contributed by atoms with Gasteiger partial charge in [-0.25, -0.2) is 0 Å². The van der Waals surface area contributed by atoms with Crippen molar-refractivity contribution in [2.45, 2.75) is 27.3 Å². The van der Waals surface area contributed by atoms with Gasteiger partial charge in [-0.3, -0.25) is 4.79 Å². The van der Waals surface area contributed by atoms with E-state index in [9.17, 15) is 4.79 Å². The van der Waals surface area contributed by atoms with Gasteiger partial charge in [0.15, 0.2) is 4.80 Å². The Bertz CT molecular complexity index is 1020. The molecule has 0 N–H and O–H groups in total. The van der Waals surface area contributed by atoms with E-state index in [-0.39, 0.29) is 5.91 Å². The average molecular weight is 380 g/mol. The molecule has 0 radical (unpaired) electrons. The molecule has 0 fully saturated rings. The number of fused-ring (bicyclic) bond motifs is 1. The van der Waals surface area contributed by atoms with E-state index in [0.717, 1.165) is 29.0 Å². The van der Waals surface area contributed by atoms with Gasteiger partial charge in [-0.1, -0.05) is 23.5 Å². The molecule has 4 nitrogen and oxygen atoms in total. The molecule has 1 amide bonds. The number of carbonyl (C=O) groups excluding carboxylic acids is 1. The number of hydrogen-bond acceptors (Lipinski definition) is 3. The fraction of sp³-hybridized carbons (Fsp3) is 0.273. The fourth-order valence-electron chi connectivity index (χ4n) is 3.13. The summed E-state index contributed by atoms with van der Waals surface area (Å²) < 4.78 is 3.16. The molecule has 0 bridgehead atoms. The highest BCUT2D eigenvalue weighted by Gasteiger charge is 2.10. The molecule has 0 saturated heterocycles. The molecule has 27 heavy (non-hydrogen) atoms. The number of nitrogens with zero attached hydrogens (tertiary/aromatic N) is 3. The second-order valence-electron chi connectivity index (χ2n) is 6.39. The van der Waals surface area contributed by atoms with Gasteiger partial charge in [0.2, 0.25) is 0 Å². The summed E-state index contributed by atoms with van der Waals surface area (Å²) in [7, 11) is 0. The molecule has 1 aromatic heterocycles. The summed E-state index contributed by atoms with van der Waals surface area (Å²) >= 11 is 1.54. The number of aryl methyl sites for hydroxylation is 1. The fourth-order valence-corrected chi connectivity index (χ4v) is 4.26. The van der Waals surface area contributed by atoms with E-state index in [1.165, 1.54) is 16.9 Å². The van der Waals surface area contributed by atoms with E-state index in [1.807, 2.05) is 34.9 Å². The Morgan fingerprint density at radius 3 is 2.52 bits per heavy atom. The second kappa shape index (κ2) is 8.35. The maximum atomic E-state index is 12.7. The summed E-state index contributed by atoms with van der Waals surface area (Å²) in [4.78, 5) is 20.1. The number of thiazole rings is 1. The zero-order valence-corrected chi connectivity index (χ0v) is 16.9. The standard InChI is InChI=1S/C22H25N3OS/c1-5-14-25-19-13-8-16(4)15-20(19)27-22(25)23-21(26)17-9-11-18(12-10-17)24(6-2)7-3/h5,8-13,15H,1,6-7,14H2,2-4H3. The first kappa shape index (κ1) is 19.1. The first-order chi connectivity index (χ1) is 13.1. The zero-order valence-electron chi connectivity index (χ0n) is 16.1. The number of allylic oxidation sites excluding steroid dienone is 1. The van der Waals surface area contributed by atoms with Crippen molar-refractivity contribution in [1.82, 2.24) is 4.57 Å². The minimum Gasteiger partial charge on any atom is -0.372 e. The van der Waals surface area contributed by atoms with Crippen molar-refractivity contribution in [3.05, 3.63) is 71.0 Å². The van der Waals surface area contributed by atoms with E-state index >= 15 is 0 Å². The third kappa shape index (κ3) is 4.03. The Kier molecular flexibility index (Phi) is 5.91. The molecule has 3 rings (SSSR count). The van der Waals surface area contributed by atoms with Crippen molar-refractivity contribution in [1.29, 1.82) is 0 Å². The molecule has 5 heteroatoms. The summed E-state index contributed by atoms with van der Waals surface area (Å²) in [6.45, 7) is 12.7. The number of benzene rings is 2. The van der Waals surface area contributed by atoms with E-state index in [4.69, 9.17) is 0 Å². The summed E-state index contributed by atoms with van der Waals surface area (Å²) in [5, 5.41) is 0. The quantitative estimate of drug-likeness (QED) is 0.578. The summed E-state index contributed by atoms with van der Waals surface area (Å²) in [5.74, 6) is -0.220. The van der Waals surface area contributed by atoms with Gasteiger partial charge in [-0.2, -0.15) is 4.99 Å². The predicted molar refractivity (Wildman–Crippen MR) is 115 cm³/mol. The van der Waals surface area contributed by atoms with E-state index < -0.39 is 0 Å². The van der Waals surface area contributed by atoms with Gasteiger partial charge in [0.25, 0.3) is 5.91 Å². The van der Waals surface area contributed by atoms with Crippen molar-refractivity contribution >= 4 is 33.1 Å². The lowest BCUT2D eigenvalue weighted by molar-refractivity contribution is 0.0998. The minimum absolute atomic E-state index is 0.220. The molecule has 0 saturated carbocycles. The van der Waals surface area contributed by atoms with Crippen LogP contribution in [-0.2, 0) is 6.54 Å². The van der Waals surface area contributed by atoms with Gasteiger partial charge in [0.05, 0.1) is 10.2 Å². The molecular weight excluding hydrogens is 354 g/mol. The number of amides is 1. The van der Waals surface area contributed by atoms with Crippen LogP contribution in [0.25, 0.3) is 10.2 Å². The Labute approximate surface area is 164 Å². The highest BCUT2D eigenvalue weighted by molar-refractivity contribution is 7.16. The van der Waals surface area contributed by atoms with E-state index in [1.54, 1.807) is 0 Å². The van der Waals surface area contributed by atoms with E-state index in [2.05, 4.69) is 55.4 Å². The van der Waals surface area contributed by atoms with Crippen LogP contribution in [-0.4, -0.2) is 23.6 Å². The molecule has 0 atom stereocenters. The van der Waals surface area contributed by atoms with Gasteiger partial charge in [-0.15, -0.1) is 6.58 Å². The molecule has 0 aliphatic rings. The monoisotopic (exact) mass is 379 g/mol. The maximum Gasteiger partial charge on any atom is 0.279 e. The van der Waals surface area contributed by atoms with Crippen LogP contribution < -0.4 is 9.70 Å². The second-order valence-corrected chi connectivity index (χ2v) is 7.40. The van der Waals surface area contributed by atoms with Crippen LogP contribution in [0.1, 0.15) is 29.8 Å². The molecule has 3 aromatic rings. The van der Waals surface area contributed by atoms with Crippen LogP contribution in [0, 0.1) is 6.92 Å². The summed E-state index contributed by atoms with van der Waals surface area (Å²) in [6.07, 6.45) is 1.83. The molecule has 0 unspecified atom stereocenters. The lowest BCUT2D eigenvalue weighted by Crippen LogP contribution is -2.21.